The van der Waals surface area contributed by atoms with Crippen LogP contribution in [0, 0.1) is 0 Å². The van der Waals surface area contributed by atoms with Gasteiger partial charge >= 0.3 is 5.97 Å². The predicted octanol–water partition coefficient (Wildman–Crippen LogP) is 4.68. The van der Waals surface area contributed by atoms with Crippen LogP contribution in [0.25, 0.3) is 0 Å². The van der Waals surface area contributed by atoms with Gasteiger partial charge in [0.25, 0.3) is 0 Å². The van der Waals surface area contributed by atoms with Crippen LogP contribution in [0.2, 0.25) is 0 Å². The average molecular weight is 353 g/mol. The van der Waals surface area contributed by atoms with Crippen molar-refractivity contribution in [2.75, 3.05) is 11.4 Å². The van der Waals surface area contributed by atoms with E-state index in [0.717, 1.165) is 12.1 Å². The number of aromatic nitrogens is 2. The van der Waals surface area contributed by atoms with Crippen LogP contribution in [0.15, 0.2) is 30.6 Å². The number of carboxylic acid groups (broad SMARTS) is 1. The van der Waals surface area contributed by atoms with Gasteiger partial charge in [0.2, 0.25) is 5.95 Å². The van der Waals surface area contributed by atoms with Gasteiger partial charge in [-0.25, -0.2) is 14.8 Å². The van der Waals surface area contributed by atoms with Crippen molar-refractivity contribution in [1.82, 2.24) is 9.97 Å². The summed E-state index contributed by atoms with van der Waals surface area (Å²) < 4.78 is 0. The van der Waals surface area contributed by atoms with Crippen molar-refractivity contribution in [2.24, 2.45) is 0 Å². The topological polar surface area (TPSA) is 66.3 Å². The molecule has 0 radical (unpaired) electrons. The van der Waals surface area contributed by atoms with Crippen LogP contribution in [-0.4, -0.2) is 27.6 Å². The summed E-state index contributed by atoms with van der Waals surface area (Å²) in [5, 5.41) is 9.03. The lowest BCUT2D eigenvalue weighted by Crippen LogP contribution is -2.34. The Morgan fingerprint density at radius 2 is 1.65 bits per heavy atom. The molecule has 0 atom stereocenters. The third-order valence-corrected chi connectivity index (χ3v) is 5.59. The molecule has 0 bridgehead atoms. The van der Waals surface area contributed by atoms with E-state index in [2.05, 4.69) is 55.9 Å². The molecule has 0 saturated carbocycles. The summed E-state index contributed by atoms with van der Waals surface area (Å²) in [4.78, 5) is 21.6. The van der Waals surface area contributed by atoms with Gasteiger partial charge in [0.1, 0.15) is 0 Å². The Kier molecular flexibility index (Phi) is 4.51. The van der Waals surface area contributed by atoms with Crippen molar-refractivity contribution in [3.05, 3.63) is 47.3 Å². The number of aromatic carboxylic acids is 1. The Bertz CT molecular complexity index is 826. The van der Waals surface area contributed by atoms with Crippen molar-refractivity contribution < 1.29 is 9.90 Å². The molecule has 3 rings (SSSR count). The summed E-state index contributed by atoms with van der Waals surface area (Å²) in [5.74, 6) is -0.498. The Morgan fingerprint density at radius 1 is 1.08 bits per heavy atom. The zero-order chi connectivity index (χ0) is 19.1. The zero-order valence-corrected chi connectivity index (χ0v) is 16.2. The van der Waals surface area contributed by atoms with E-state index in [1.165, 1.54) is 29.9 Å². The molecule has 0 amide bonds. The third kappa shape index (κ3) is 3.18. The lowest BCUT2D eigenvalue weighted by molar-refractivity contribution is 0.0696. The number of rotatable bonds is 4. The van der Waals surface area contributed by atoms with Gasteiger partial charge in [-0.05, 0) is 53.9 Å². The molecule has 0 aliphatic heterocycles. The second kappa shape index (κ2) is 6.38. The molecule has 26 heavy (non-hydrogen) atoms. The highest BCUT2D eigenvalue weighted by molar-refractivity contribution is 5.86. The fourth-order valence-electron chi connectivity index (χ4n) is 3.76. The van der Waals surface area contributed by atoms with Gasteiger partial charge in [0, 0.05) is 24.6 Å². The number of anilines is 2. The van der Waals surface area contributed by atoms with Crippen LogP contribution in [0.5, 0.6) is 0 Å². The highest BCUT2D eigenvalue weighted by Crippen LogP contribution is 2.47. The molecule has 1 aliphatic carbocycles. The predicted molar refractivity (Wildman–Crippen MR) is 103 cm³/mol. The Hall–Kier alpha value is -2.43. The molecule has 1 aliphatic rings. The normalized spacial score (nSPS) is 17.4. The van der Waals surface area contributed by atoms with Gasteiger partial charge in [0.15, 0.2) is 0 Å². The van der Waals surface area contributed by atoms with Crippen LogP contribution in [0.1, 0.15) is 68.9 Å². The SMILES string of the molecule is CCN(c1ccc2c(c1)C(C)(C)CCC2(C)C)c1ncc(C(=O)O)cn1. The minimum Gasteiger partial charge on any atom is -0.478 e. The van der Waals surface area contributed by atoms with Crippen LogP contribution in [0.3, 0.4) is 0 Å². The summed E-state index contributed by atoms with van der Waals surface area (Å²) in [6.07, 6.45) is 5.06. The van der Waals surface area contributed by atoms with Gasteiger partial charge in [-0.1, -0.05) is 33.8 Å². The number of hydrogen-bond acceptors (Lipinski definition) is 4. The summed E-state index contributed by atoms with van der Waals surface area (Å²) in [6.45, 7) is 12.0. The van der Waals surface area contributed by atoms with Crippen LogP contribution in [-0.2, 0) is 10.8 Å². The van der Waals surface area contributed by atoms with Gasteiger partial charge < -0.3 is 10.0 Å². The average Bonchev–Trinajstić information content (AvgIpc) is 2.60. The van der Waals surface area contributed by atoms with Crippen molar-refractivity contribution in [3.8, 4) is 0 Å². The van der Waals surface area contributed by atoms with E-state index in [4.69, 9.17) is 5.11 Å². The fourth-order valence-corrected chi connectivity index (χ4v) is 3.76. The maximum Gasteiger partial charge on any atom is 0.338 e. The van der Waals surface area contributed by atoms with E-state index < -0.39 is 5.97 Å². The monoisotopic (exact) mass is 353 g/mol. The quantitative estimate of drug-likeness (QED) is 0.864. The van der Waals surface area contributed by atoms with Crippen LogP contribution in [0.4, 0.5) is 11.6 Å². The lowest BCUT2D eigenvalue weighted by Gasteiger charge is -2.42. The van der Waals surface area contributed by atoms with Crippen molar-refractivity contribution in [2.45, 2.75) is 58.3 Å². The first kappa shape index (κ1) is 18.4. The zero-order valence-electron chi connectivity index (χ0n) is 16.2. The summed E-state index contributed by atoms with van der Waals surface area (Å²) in [7, 11) is 0. The van der Waals surface area contributed by atoms with E-state index in [0.29, 0.717) is 12.5 Å². The second-order valence-electron chi connectivity index (χ2n) is 8.32. The number of carboxylic acids is 1. The Morgan fingerprint density at radius 3 is 2.19 bits per heavy atom. The molecule has 0 saturated heterocycles. The summed E-state index contributed by atoms with van der Waals surface area (Å²) >= 11 is 0. The molecule has 1 N–H and O–H groups in total. The largest absolute Gasteiger partial charge is 0.478 e. The molecule has 0 unspecified atom stereocenters. The van der Waals surface area contributed by atoms with Crippen LogP contribution < -0.4 is 4.90 Å². The molecular formula is C21H27N3O2. The maximum absolute atomic E-state index is 11.0. The van der Waals surface area contributed by atoms with E-state index >= 15 is 0 Å². The van der Waals surface area contributed by atoms with E-state index in [-0.39, 0.29) is 16.4 Å². The summed E-state index contributed by atoms with van der Waals surface area (Å²) in [5.41, 5.74) is 4.25. The molecule has 5 nitrogen and oxygen atoms in total. The molecule has 138 valence electrons. The van der Waals surface area contributed by atoms with Gasteiger partial charge in [-0.3, -0.25) is 0 Å². The Labute approximate surface area is 155 Å². The third-order valence-electron chi connectivity index (χ3n) is 5.59. The van der Waals surface area contributed by atoms with E-state index in [1.54, 1.807) is 0 Å². The molecular weight excluding hydrogens is 326 g/mol. The van der Waals surface area contributed by atoms with Gasteiger partial charge in [-0.15, -0.1) is 0 Å². The van der Waals surface area contributed by atoms with E-state index in [1.807, 2.05) is 11.8 Å². The second-order valence-corrected chi connectivity index (χ2v) is 8.32. The molecule has 0 spiro atoms. The smallest absolute Gasteiger partial charge is 0.338 e. The number of fused-ring (bicyclic) bond motifs is 1. The molecule has 1 heterocycles. The molecule has 1 aromatic heterocycles. The first-order valence-electron chi connectivity index (χ1n) is 9.13. The van der Waals surface area contributed by atoms with Crippen molar-refractivity contribution in [3.63, 3.8) is 0 Å². The van der Waals surface area contributed by atoms with E-state index in [9.17, 15) is 4.79 Å². The number of hydrogen-bond donors (Lipinski definition) is 1. The minimum absolute atomic E-state index is 0.0955. The Balaban J connectivity index is 2.04. The highest BCUT2D eigenvalue weighted by Gasteiger charge is 2.37. The lowest BCUT2D eigenvalue weighted by atomic mass is 9.63. The van der Waals surface area contributed by atoms with Gasteiger partial charge in [0.05, 0.1) is 5.56 Å². The highest BCUT2D eigenvalue weighted by atomic mass is 16.4. The fraction of sp³-hybridized carbons (Fsp3) is 0.476. The minimum atomic E-state index is -1.02. The first-order valence-corrected chi connectivity index (χ1v) is 9.13. The first-order chi connectivity index (χ1) is 12.2. The van der Waals surface area contributed by atoms with Gasteiger partial charge in [-0.2, -0.15) is 0 Å². The molecule has 1 aromatic carbocycles. The molecule has 5 heteroatoms. The standard InChI is InChI=1S/C21H27N3O2/c1-6-24(19-22-12-14(13-23-19)18(25)26)15-7-8-16-17(11-15)21(4,5)10-9-20(16,2)3/h7-8,11-13H,6,9-10H2,1-5H3,(H,25,26). The molecule has 0 fully saturated rings. The molecule has 2 aromatic rings. The van der Waals surface area contributed by atoms with Crippen LogP contribution >= 0.6 is 0 Å². The number of benzene rings is 1. The maximum atomic E-state index is 11.0. The number of nitrogens with zero attached hydrogens (tertiary/aromatic N) is 3. The summed E-state index contributed by atoms with van der Waals surface area (Å²) in [6, 6.07) is 6.62. The van der Waals surface area contributed by atoms with Crippen molar-refractivity contribution >= 4 is 17.6 Å². The van der Waals surface area contributed by atoms with Crippen molar-refractivity contribution in [1.29, 1.82) is 0 Å². The number of carbonyl (C=O) groups is 1.